The molecule has 0 saturated carbocycles. The molecule has 9 heteroatoms. The average Bonchev–Trinajstić information content (AvgIpc) is 2.83. The van der Waals surface area contributed by atoms with Crippen LogP contribution in [0.3, 0.4) is 0 Å². The van der Waals surface area contributed by atoms with E-state index in [-0.39, 0.29) is 17.0 Å². The second-order valence-corrected chi connectivity index (χ2v) is 7.55. The molecule has 0 fully saturated rings. The van der Waals surface area contributed by atoms with Crippen molar-refractivity contribution in [3.05, 3.63) is 112 Å². The van der Waals surface area contributed by atoms with Gasteiger partial charge in [0.15, 0.2) is 11.6 Å². The van der Waals surface area contributed by atoms with E-state index in [0.717, 1.165) is 11.6 Å². The number of nitrogens with zero attached hydrogens (tertiary/aromatic N) is 2. The molecule has 0 bridgehead atoms. The zero-order valence-corrected chi connectivity index (χ0v) is 19.3. The molecule has 0 saturated heterocycles. The first-order valence-electron chi connectivity index (χ1n) is 9.88. The molecule has 0 unspecified atom stereocenters. The fourth-order valence-electron chi connectivity index (χ4n) is 3.13. The minimum atomic E-state index is -0.664. The van der Waals surface area contributed by atoms with E-state index in [4.69, 9.17) is 4.74 Å². The van der Waals surface area contributed by atoms with E-state index in [2.05, 4.69) is 13.8 Å². The molecule has 0 aliphatic heterocycles. The molecule has 0 aliphatic carbocycles. The number of halogens is 2. The lowest BCUT2D eigenvalue weighted by atomic mass is 10.2. The number of pyridine rings is 2. The van der Waals surface area contributed by atoms with Crippen LogP contribution < -0.4 is 19.1 Å². The van der Waals surface area contributed by atoms with Crippen LogP contribution in [0.1, 0.15) is 15.9 Å². The number of hydrogen-bond acceptors (Lipinski definition) is 5. The van der Waals surface area contributed by atoms with E-state index in [0.29, 0.717) is 18.1 Å². The van der Waals surface area contributed by atoms with Crippen molar-refractivity contribution in [1.82, 2.24) is 9.55 Å². The fourth-order valence-corrected chi connectivity index (χ4v) is 3.42. The molecule has 2 heterocycles. The first-order valence-corrected chi connectivity index (χ1v) is 11.0. The minimum Gasteiger partial charge on any atom is -0.454 e. The number of nitrogens with one attached hydrogen (secondary N) is 2. The molecule has 4 rings (SSSR count). The summed E-state index contributed by atoms with van der Waals surface area (Å²) in [4.78, 5) is 29.6. The minimum absolute atomic E-state index is 0.0106. The molecule has 2 N–H and O–H groups in total. The summed E-state index contributed by atoms with van der Waals surface area (Å²) in [5, 5.41) is 2.57. The van der Waals surface area contributed by atoms with Crippen LogP contribution in [0, 0.1) is 5.82 Å². The smallest absolute Gasteiger partial charge is 0.263 e. The number of rotatable bonds is 7. The zero-order chi connectivity index (χ0) is 23.2. The molecular formula is C24H18FIN4O3. The van der Waals surface area contributed by atoms with Crippen molar-refractivity contribution >= 4 is 40.3 Å². The summed E-state index contributed by atoms with van der Waals surface area (Å²) in [5.41, 5.74) is 0.666. The number of benzene rings is 2. The van der Waals surface area contributed by atoms with Crippen molar-refractivity contribution in [3.8, 4) is 11.5 Å². The quantitative estimate of drug-likeness (QED) is 0.241. The number of aromatic nitrogens is 2. The van der Waals surface area contributed by atoms with Crippen LogP contribution in [-0.2, 0) is 6.54 Å². The van der Waals surface area contributed by atoms with Gasteiger partial charge in [0.1, 0.15) is 17.1 Å². The molecule has 166 valence electrons. The second kappa shape index (κ2) is 10.3. The monoisotopic (exact) mass is 556 g/mol. The first-order chi connectivity index (χ1) is 16.0. The number of ether oxygens (including phenoxy) is 1. The standard InChI is InChI=1S/C24H18FIN4O3/c25-20-13-17(8-9-21(20)33-18-10-11-27-22(14-18)29-26)28-23(31)19-7-4-12-30(24(19)32)15-16-5-2-1-3-6-16/h1-14H,15H2,(H,27,29)(H,28,31). The van der Waals surface area contributed by atoms with Crippen LogP contribution in [0.4, 0.5) is 15.9 Å². The molecule has 2 aromatic carbocycles. The Hall–Kier alpha value is -3.73. The maximum absolute atomic E-state index is 14.6. The zero-order valence-electron chi connectivity index (χ0n) is 17.2. The lowest BCUT2D eigenvalue weighted by molar-refractivity contribution is 0.102. The molecule has 2 aromatic heterocycles. The van der Waals surface area contributed by atoms with E-state index in [1.165, 1.54) is 29.0 Å². The van der Waals surface area contributed by atoms with Crippen LogP contribution in [0.25, 0.3) is 0 Å². The molecule has 7 nitrogen and oxygen atoms in total. The van der Waals surface area contributed by atoms with Crippen LogP contribution in [0.2, 0.25) is 0 Å². The van der Waals surface area contributed by atoms with Crippen molar-refractivity contribution in [2.24, 2.45) is 0 Å². The van der Waals surface area contributed by atoms with Gasteiger partial charge in [0.05, 0.1) is 29.4 Å². The normalized spacial score (nSPS) is 10.5. The van der Waals surface area contributed by atoms with E-state index in [9.17, 15) is 14.0 Å². The van der Waals surface area contributed by atoms with Gasteiger partial charge in [0.25, 0.3) is 11.5 Å². The highest BCUT2D eigenvalue weighted by atomic mass is 127. The Bertz CT molecular complexity index is 1350. The summed E-state index contributed by atoms with van der Waals surface area (Å²) in [5.74, 6) is -0.324. The largest absolute Gasteiger partial charge is 0.454 e. The average molecular weight is 556 g/mol. The summed E-state index contributed by atoms with van der Waals surface area (Å²) < 4.78 is 24.4. The first kappa shape index (κ1) is 22.5. The van der Waals surface area contributed by atoms with Crippen LogP contribution in [-0.4, -0.2) is 15.5 Å². The van der Waals surface area contributed by atoms with Gasteiger partial charge in [-0.15, -0.1) is 0 Å². The lowest BCUT2D eigenvalue weighted by Gasteiger charge is -2.11. The molecule has 33 heavy (non-hydrogen) atoms. The second-order valence-electron chi connectivity index (χ2n) is 7.01. The Labute approximate surface area is 202 Å². The molecule has 0 spiro atoms. The fraction of sp³-hybridized carbons (Fsp3) is 0.0417. The van der Waals surface area contributed by atoms with E-state index in [1.807, 2.05) is 53.2 Å². The van der Waals surface area contributed by atoms with Gasteiger partial charge in [0.2, 0.25) is 0 Å². The molecule has 0 radical (unpaired) electrons. The Morgan fingerprint density at radius 1 is 1.06 bits per heavy atom. The van der Waals surface area contributed by atoms with Crippen molar-refractivity contribution in [2.45, 2.75) is 6.54 Å². The number of carbonyl (C=O) groups is 1. The third-order valence-electron chi connectivity index (χ3n) is 4.71. The van der Waals surface area contributed by atoms with Gasteiger partial charge in [-0.3, -0.25) is 9.59 Å². The highest BCUT2D eigenvalue weighted by molar-refractivity contribution is 14.1. The summed E-state index contributed by atoms with van der Waals surface area (Å²) in [7, 11) is 0. The molecule has 0 aliphatic rings. The van der Waals surface area contributed by atoms with Crippen molar-refractivity contribution < 1.29 is 13.9 Å². The van der Waals surface area contributed by atoms with Gasteiger partial charge in [-0.05, 0) is 35.9 Å². The van der Waals surface area contributed by atoms with Crippen LogP contribution in [0.15, 0.2) is 90.0 Å². The number of hydrogen-bond donors (Lipinski definition) is 2. The van der Waals surface area contributed by atoms with Crippen LogP contribution >= 0.6 is 22.9 Å². The Morgan fingerprint density at radius 3 is 2.64 bits per heavy atom. The summed E-state index contributed by atoms with van der Waals surface area (Å²) >= 11 is 1.93. The van der Waals surface area contributed by atoms with Gasteiger partial charge in [0, 0.05) is 30.2 Å². The molecule has 0 atom stereocenters. The van der Waals surface area contributed by atoms with E-state index < -0.39 is 17.3 Å². The maximum atomic E-state index is 14.6. The topological polar surface area (TPSA) is 85.2 Å². The van der Waals surface area contributed by atoms with Gasteiger partial charge < -0.3 is 18.2 Å². The van der Waals surface area contributed by atoms with E-state index >= 15 is 0 Å². The molecule has 4 aromatic rings. The summed E-state index contributed by atoms with van der Waals surface area (Å²) in [6.45, 7) is 0.339. The Morgan fingerprint density at radius 2 is 1.88 bits per heavy atom. The third-order valence-corrected chi connectivity index (χ3v) is 5.26. The van der Waals surface area contributed by atoms with Crippen molar-refractivity contribution in [1.29, 1.82) is 0 Å². The van der Waals surface area contributed by atoms with Gasteiger partial charge in [-0.1, -0.05) is 30.3 Å². The maximum Gasteiger partial charge on any atom is 0.263 e. The lowest BCUT2D eigenvalue weighted by Crippen LogP contribution is -2.29. The van der Waals surface area contributed by atoms with Gasteiger partial charge in [-0.2, -0.15) is 0 Å². The highest BCUT2D eigenvalue weighted by Gasteiger charge is 2.14. The predicted molar refractivity (Wildman–Crippen MR) is 133 cm³/mol. The Balaban J connectivity index is 1.49. The van der Waals surface area contributed by atoms with Crippen LogP contribution in [0.5, 0.6) is 11.5 Å². The van der Waals surface area contributed by atoms with E-state index in [1.54, 1.807) is 24.4 Å². The van der Waals surface area contributed by atoms with Crippen molar-refractivity contribution in [3.63, 3.8) is 0 Å². The number of carbonyl (C=O) groups excluding carboxylic acids is 1. The predicted octanol–water partition coefficient (Wildman–Crippen LogP) is 5.24. The third kappa shape index (κ3) is 5.55. The summed E-state index contributed by atoms with van der Waals surface area (Å²) in [6, 6.07) is 19.8. The number of amides is 1. The molecular weight excluding hydrogens is 538 g/mol. The summed E-state index contributed by atoms with van der Waals surface area (Å²) in [6.07, 6.45) is 3.16. The van der Waals surface area contributed by atoms with Gasteiger partial charge in [-0.25, -0.2) is 9.37 Å². The van der Waals surface area contributed by atoms with Crippen molar-refractivity contribution in [2.75, 3.05) is 8.85 Å². The highest BCUT2D eigenvalue weighted by Crippen LogP contribution is 2.28. The number of anilines is 2. The molecule has 1 amide bonds. The van der Waals surface area contributed by atoms with Gasteiger partial charge >= 0.3 is 0 Å². The Kier molecular flexibility index (Phi) is 6.98. The SMILES string of the molecule is O=C(Nc1ccc(Oc2ccnc(NI)c2)c(F)c1)c1cccn(Cc2ccccc2)c1=O.